The Balaban J connectivity index is 0.000000853. The van der Waals surface area contributed by atoms with Crippen molar-refractivity contribution < 1.29 is 21.9 Å². The summed E-state index contributed by atoms with van der Waals surface area (Å²) in [7, 11) is 0. The van der Waals surface area contributed by atoms with Crippen LogP contribution < -0.4 is 27.2 Å². The van der Waals surface area contributed by atoms with E-state index < -0.39 is 0 Å². The summed E-state index contributed by atoms with van der Waals surface area (Å²) in [6.07, 6.45) is 2.65. The first kappa shape index (κ1) is 10.6. The smallest absolute Gasteiger partial charge is 0.231 e. The molecule has 4 heteroatoms. The highest BCUT2D eigenvalue weighted by Gasteiger charge is 2.20. The Morgan fingerprint density at radius 3 is 2.80 bits per heavy atom. The van der Waals surface area contributed by atoms with Gasteiger partial charge in [0.05, 0.1) is 0 Å². The van der Waals surface area contributed by atoms with Crippen molar-refractivity contribution in [3.8, 4) is 11.5 Å². The molecule has 3 rings (SSSR count). The fourth-order valence-corrected chi connectivity index (χ4v) is 1.60. The van der Waals surface area contributed by atoms with Crippen molar-refractivity contribution >= 4 is 0 Å². The fourth-order valence-electron chi connectivity index (χ4n) is 1.60. The quantitative estimate of drug-likeness (QED) is 0.693. The first-order valence-electron chi connectivity index (χ1n) is 5.04. The number of hydrogen-bond acceptors (Lipinski definition) is 3. The lowest BCUT2D eigenvalue weighted by atomic mass is 10.2. The molecule has 15 heavy (non-hydrogen) atoms. The molecular weight excluding hydrogens is 214 g/mol. The Bertz CT molecular complexity index is 352. The number of fused-ring (bicyclic) bond motifs is 1. The van der Waals surface area contributed by atoms with Crippen LogP contribution in [0.2, 0.25) is 0 Å². The normalized spacial score (nSPS) is 17.3. The van der Waals surface area contributed by atoms with Crippen LogP contribution in [0.25, 0.3) is 0 Å². The molecule has 1 heterocycles. The van der Waals surface area contributed by atoms with Gasteiger partial charge in [-0.25, -0.2) is 0 Å². The molecule has 0 saturated heterocycles. The zero-order valence-corrected chi connectivity index (χ0v) is 9.09. The van der Waals surface area contributed by atoms with Crippen molar-refractivity contribution in [3.05, 3.63) is 23.8 Å². The monoisotopic (exact) mass is 226 g/mol. The molecule has 3 nitrogen and oxygen atoms in total. The number of benzene rings is 1. The molecule has 1 fully saturated rings. The van der Waals surface area contributed by atoms with Gasteiger partial charge in [-0.3, -0.25) is 0 Å². The summed E-state index contributed by atoms with van der Waals surface area (Å²) in [5, 5.41) is 3.47. The topological polar surface area (TPSA) is 30.5 Å². The minimum atomic E-state index is 0. The number of nitrogens with one attached hydrogen (secondary N) is 1. The molecule has 1 saturated carbocycles. The Hall–Kier alpha value is -0.930. The van der Waals surface area contributed by atoms with E-state index in [1.807, 2.05) is 6.07 Å². The van der Waals surface area contributed by atoms with Crippen molar-refractivity contribution in [2.45, 2.75) is 25.4 Å². The Morgan fingerprint density at radius 2 is 2.00 bits per heavy atom. The van der Waals surface area contributed by atoms with E-state index in [9.17, 15) is 0 Å². The summed E-state index contributed by atoms with van der Waals surface area (Å²) in [5.74, 6) is 1.74. The van der Waals surface area contributed by atoms with Crippen LogP contribution in [0.5, 0.6) is 11.5 Å². The molecule has 2 aliphatic rings. The molecule has 1 aromatic carbocycles. The van der Waals surface area contributed by atoms with E-state index in [2.05, 4.69) is 17.4 Å². The molecule has 82 valence electrons. The highest BCUT2D eigenvalue weighted by atomic mass is 35.5. The second-order valence-corrected chi connectivity index (χ2v) is 3.84. The summed E-state index contributed by atoms with van der Waals surface area (Å²) < 4.78 is 10.6. The maximum Gasteiger partial charge on any atom is 0.231 e. The van der Waals surface area contributed by atoms with Gasteiger partial charge >= 0.3 is 0 Å². The van der Waals surface area contributed by atoms with E-state index >= 15 is 0 Å². The minimum Gasteiger partial charge on any atom is -1.00 e. The van der Waals surface area contributed by atoms with Gasteiger partial charge < -0.3 is 27.2 Å². The average Bonchev–Trinajstić information content (AvgIpc) is 2.92. The maximum absolute atomic E-state index is 5.31. The van der Waals surface area contributed by atoms with Crippen LogP contribution in [0.3, 0.4) is 0 Å². The van der Waals surface area contributed by atoms with Crippen molar-refractivity contribution in [2.24, 2.45) is 0 Å². The third-order valence-electron chi connectivity index (χ3n) is 2.61. The molecule has 0 aromatic heterocycles. The van der Waals surface area contributed by atoms with Crippen LogP contribution >= 0.6 is 0 Å². The number of halogens is 1. The van der Waals surface area contributed by atoms with Gasteiger partial charge in [-0.2, -0.15) is 0 Å². The molecule has 0 bridgehead atoms. The SMILES string of the molecule is [Cl-].c1cc2c(cc1CNC1CC1)OCO2. The van der Waals surface area contributed by atoms with Gasteiger partial charge in [-0.15, -0.1) is 0 Å². The molecular formula is C11H13ClNO2-. The van der Waals surface area contributed by atoms with Gasteiger partial charge in [0.25, 0.3) is 0 Å². The van der Waals surface area contributed by atoms with Crippen molar-refractivity contribution in [2.75, 3.05) is 6.79 Å². The molecule has 0 amide bonds. The van der Waals surface area contributed by atoms with E-state index in [1.54, 1.807) is 0 Å². The average molecular weight is 227 g/mol. The second-order valence-electron chi connectivity index (χ2n) is 3.84. The van der Waals surface area contributed by atoms with Gasteiger partial charge in [-0.05, 0) is 30.5 Å². The summed E-state index contributed by atoms with van der Waals surface area (Å²) in [4.78, 5) is 0. The lowest BCUT2D eigenvalue weighted by molar-refractivity contribution is -0.00000444. The van der Waals surface area contributed by atoms with Gasteiger partial charge in [0, 0.05) is 12.6 Å². The summed E-state index contributed by atoms with van der Waals surface area (Å²) in [5.41, 5.74) is 1.26. The third kappa shape index (κ3) is 2.36. The first-order chi connectivity index (χ1) is 6.92. The van der Waals surface area contributed by atoms with E-state index in [-0.39, 0.29) is 12.4 Å². The highest BCUT2D eigenvalue weighted by Crippen LogP contribution is 2.32. The fraction of sp³-hybridized carbons (Fsp3) is 0.455. The first-order valence-corrected chi connectivity index (χ1v) is 5.04. The summed E-state index contributed by atoms with van der Waals surface area (Å²) in [6.45, 7) is 1.29. The molecule has 1 N–H and O–H groups in total. The van der Waals surface area contributed by atoms with Gasteiger partial charge in [0.15, 0.2) is 11.5 Å². The second kappa shape index (κ2) is 4.29. The minimum absolute atomic E-state index is 0. The lowest BCUT2D eigenvalue weighted by Gasteiger charge is -2.03. The zero-order valence-electron chi connectivity index (χ0n) is 8.33. The number of ether oxygens (including phenoxy) is 2. The summed E-state index contributed by atoms with van der Waals surface area (Å²) in [6, 6.07) is 6.87. The van der Waals surface area contributed by atoms with Crippen molar-refractivity contribution in [1.29, 1.82) is 0 Å². The van der Waals surface area contributed by atoms with Crippen molar-refractivity contribution in [1.82, 2.24) is 5.32 Å². The largest absolute Gasteiger partial charge is 1.00 e. The van der Waals surface area contributed by atoms with E-state index in [4.69, 9.17) is 9.47 Å². The number of hydrogen-bond donors (Lipinski definition) is 1. The Labute approximate surface area is 95.2 Å². The standard InChI is InChI=1S/C11H13NO2.ClH/c1-4-10-11(14-7-13-10)5-8(1)6-12-9-2-3-9;/h1,4-5,9,12H,2-3,6-7H2;1H/p-1. The van der Waals surface area contributed by atoms with E-state index in [1.165, 1.54) is 18.4 Å². The van der Waals surface area contributed by atoms with Crippen LogP contribution in [0, 0.1) is 0 Å². The molecule has 1 aromatic rings. The molecule has 1 aliphatic heterocycles. The van der Waals surface area contributed by atoms with Crippen LogP contribution in [-0.4, -0.2) is 12.8 Å². The van der Waals surface area contributed by atoms with Crippen molar-refractivity contribution in [3.63, 3.8) is 0 Å². The molecule has 0 atom stereocenters. The van der Waals surface area contributed by atoms with E-state index in [0.717, 1.165) is 24.1 Å². The Kier molecular flexibility index (Phi) is 3.03. The molecule has 0 spiro atoms. The lowest BCUT2D eigenvalue weighted by Crippen LogP contribution is -3.00. The predicted octanol–water partition coefficient (Wildman–Crippen LogP) is -1.33. The zero-order chi connectivity index (χ0) is 9.38. The summed E-state index contributed by atoms with van der Waals surface area (Å²) >= 11 is 0. The van der Waals surface area contributed by atoms with E-state index in [0.29, 0.717) is 6.79 Å². The number of rotatable bonds is 3. The van der Waals surface area contributed by atoms with Crippen LogP contribution in [0.15, 0.2) is 18.2 Å². The molecule has 0 radical (unpaired) electrons. The van der Waals surface area contributed by atoms with Gasteiger partial charge in [0.1, 0.15) is 0 Å². The van der Waals surface area contributed by atoms with Crippen LogP contribution in [0.1, 0.15) is 18.4 Å². The predicted molar refractivity (Wildman–Crippen MR) is 52.4 cm³/mol. The van der Waals surface area contributed by atoms with Crippen LogP contribution in [0.4, 0.5) is 0 Å². The molecule has 0 unspecified atom stereocenters. The van der Waals surface area contributed by atoms with Gasteiger partial charge in [0.2, 0.25) is 6.79 Å². The third-order valence-corrected chi connectivity index (χ3v) is 2.61. The molecule has 1 aliphatic carbocycles. The highest BCUT2D eigenvalue weighted by molar-refractivity contribution is 5.44. The van der Waals surface area contributed by atoms with Crippen LogP contribution in [-0.2, 0) is 6.54 Å². The Morgan fingerprint density at radius 1 is 1.20 bits per heavy atom. The maximum atomic E-state index is 5.31. The van der Waals surface area contributed by atoms with Gasteiger partial charge in [-0.1, -0.05) is 6.07 Å².